The van der Waals surface area contributed by atoms with Gasteiger partial charge < -0.3 is 9.84 Å². The normalized spacial score (nSPS) is 25.4. The molecule has 34 heavy (non-hydrogen) atoms. The number of ether oxygens (including phenoxy) is 1. The van der Waals surface area contributed by atoms with E-state index in [0.717, 1.165) is 23.6 Å². The highest BCUT2D eigenvalue weighted by molar-refractivity contribution is 7.84. The highest BCUT2D eigenvalue weighted by Gasteiger charge is 2.37. The van der Waals surface area contributed by atoms with Gasteiger partial charge in [0, 0.05) is 35.3 Å². The number of fused-ring (bicyclic) bond motifs is 1. The van der Waals surface area contributed by atoms with E-state index in [9.17, 15) is 13.5 Å². The fourth-order valence-corrected chi connectivity index (χ4v) is 5.62. The van der Waals surface area contributed by atoms with Crippen LogP contribution in [0, 0.1) is 5.92 Å². The lowest BCUT2D eigenvalue weighted by atomic mass is 9.85. The van der Waals surface area contributed by atoms with Crippen LogP contribution in [0.2, 0.25) is 5.02 Å². The van der Waals surface area contributed by atoms with Crippen LogP contribution in [0.15, 0.2) is 36.5 Å². The van der Waals surface area contributed by atoms with Gasteiger partial charge in [0.1, 0.15) is 11.9 Å². The fourth-order valence-electron chi connectivity index (χ4n) is 5.08. The maximum atomic E-state index is 11.0. The van der Waals surface area contributed by atoms with E-state index in [2.05, 4.69) is 35.1 Å². The Kier molecular flexibility index (Phi) is 8.63. The van der Waals surface area contributed by atoms with E-state index in [1.165, 1.54) is 11.1 Å². The molecule has 4 rings (SSSR count). The van der Waals surface area contributed by atoms with Crippen LogP contribution < -0.4 is 9.88 Å². The average Bonchev–Trinajstić information content (AvgIpc) is 3.23. The molecule has 9 heteroatoms. The van der Waals surface area contributed by atoms with Crippen molar-refractivity contribution in [1.29, 1.82) is 0 Å². The third kappa shape index (κ3) is 6.70. The standard InChI is InChI=1S/C23H29ClN2O5S.C2H6/c1-23(2)12-14(20-4-3-16(24)9-21(20)23)7-17-10-18(5-6-26-17)31-19-8-15(22(27)11-19)13-30-32(25,28)29;1-2/h3-6,9-10,14-15,19,22,27H,7-8,11-13H2,1-2H3,(H2,25,28,29);1-2H3/t14?,15-,19+,22-;/m0./s1. The number of nitrogens with two attached hydrogens (primary N) is 1. The van der Waals surface area contributed by atoms with Crippen molar-refractivity contribution >= 4 is 21.9 Å². The molecule has 7 nitrogen and oxygen atoms in total. The number of pyridine rings is 1. The summed E-state index contributed by atoms with van der Waals surface area (Å²) in [6.07, 6.45) is 3.51. The van der Waals surface area contributed by atoms with Gasteiger partial charge in [-0.2, -0.15) is 8.42 Å². The van der Waals surface area contributed by atoms with Gasteiger partial charge in [-0.05, 0) is 59.9 Å². The molecule has 1 aromatic heterocycles. The van der Waals surface area contributed by atoms with Crippen LogP contribution in [0.3, 0.4) is 0 Å². The van der Waals surface area contributed by atoms with Crippen molar-refractivity contribution in [2.45, 2.75) is 76.9 Å². The predicted octanol–water partition coefficient (Wildman–Crippen LogP) is 4.51. The number of aliphatic hydroxyl groups is 1. The summed E-state index contributed by atoms with van der Waals surface area (Å²) < 4.78 is 32.7. The Morgan fingerprint density at radius 3 is 2.65 bits per heavy atom. The number of halogens is 1. The molecule has 2 aliphatic rings. The van der Waals surface area contributed by atoms with Crippen LogP contribution in [0.25, 0.3) is 0 Å². The van der Waals surface area contributed by atoms with Crippen molar-refractivity contribution in [3.63, 3.8) is 0 Å². The highest BCUT2D eigenvalue weighted by atomic mass is 35.5. The molecule has 1 fully saturated rings. The number of rotatable bonds is 7. The zero-order chi connectivity index (χ0) is 25.1. The monoisotopic (exact) mass is 510 g/mol. The Bertz CT molecular complexity index is 1090. The summed E-state index contributed by atoms with van der Waals surface area (Å²) in [6, 6.07) is 9.90. The highest BCUT2D eigenvalue weighted by Crippen LogP contribution is 2.47. The van der Waals surface area contributed by atoms with Gasteiger partial charge >= 0.3 is 10.3 Å². The Labute approximate surface area is 207 Å². The Balaban J connectivity index is 0.00000158. The first-order valence-corrected chi connectivity index (χ1v) is 13.6. The summed E-state index contributed by atoms with van der Waals surface area (Å²) in [4.78, 5) is 4.55. The van der Waals surface area contributed by atoms with Gasteiger partial charge in [0.25, 0.3) is 0 Å². The van der Waals surface area contributed by atoms with Crippen LogP contribution >= 0.6 is 11.6 Å². The van der Waals surface area contributed by atoms with E-state index in [-0.39, 0.29) is 24.0 Å². The second kappa shape index (κ2) is 10.9. The molecule has 188 valence electrons. The smallest absolute Gasteiger partial charge is 0.333 e. The van der Waals surface area contributed by atoms with Crippen LogP contribution in [0.4, 0.5) is 0 Å². The van der Waals surface area contributed by atoms with Crippen molar-refractivity contribution in [2.24, 2.45) is 11.1 Å². The minimum atomic E-state index is -4.03. The lowest BCUT2D eigenvalue weighted by Crippen LogP contribution is -2.24. The van der Waals surface area contributed by atoms with Gasteiger partial charge in [-0.25, -0.2) is 5.14 Å². The first-order chi connectivity index (χ1) is 16.0. The summed E-state index contributed by atoms with van der Waals surface area (Å²) in [6.45, 7) is 8.34. The zero-order valence-electron chi connectivity index (χ0n) is 20.2. The van der Waals surface area contributed by atoms with Crippen LogP contribution in [-0.4, -0.2) is 37.3 Å². The number of hydrogen-bond donors (Lipinski definition) is 2. The quantitative estimate of drug-likeness (QED) is 0.567. The van der Waals surface area contributed by atoms with Crippen molar-refractivity contribution in [2.75, 3.05) is 6.61 Å². The van der Waals surface area contributed by atoms with Crippen LogP contribution in [0.1, 0.15) is 69.7 Å². The average molecular weight is 511 g/mol. The zero-order valence-corrected chi connectivity index (χ0v) is 21.8. The van der Waals surface area contributed by atoms with E-state index in [1.807, 2.05) is 26.0 Å². The summed E-state index contributed by atoms with van der Waals surface area (Å²) in [5, 5.41) is 15.9. The largest absolute Gasteiger partial charge is 0.490 e. The third-order valence-electron chi connectivity index (χ3n) is 6.55. The van der Waals surface area contributed by atoms with E-state index < -0.39 is 16.4 Å². The lowest BCUT2D eigenvalue weighted by Gasteiger charge is -2.19. The molecule has 0 radical (unpaired) electrons. The lowest BCUT2D eigenvalue weighted by molar-refractivity contribution is 0.0987. The van der Waals surface area contributed by atoms with Crippen molar-refractivity contribution < 1.29 is 22.4 Å². The molecule has 1 heterocycles. The number of nitrogens with zero attached hydrogens (tertiary/aromatic N) is 1. The molecule has 1 saturated carbocycles. The van der Waals surface area contributed by atoms with Gasteiger partial charge in [-0.3, -0.25) is 9.17 Å². The fraction of sp³-hybridized carbons (Fsp3) is 0.560. The summed E-state index contributed by atoms with van der Waals surface area (Å²) in [5.41, 5.74) is 3.63. The number of aliphatic hydroxyl groups excluding tert-OH is 1. The van der Waals surface area contributed by atoms with Crippen molar-refractivity contribution in [3.05, 3.63) is 58.4 Å². The van der Waals surface area contributed by atoms with E-state index >= 15 is 0 Å². The first kappa shape index (κ1) is 26.9. The van der Waals surface area contributed by atoms with E-state index in [0.29, 0.717) is 24.5 Å². The summed E-state index contributed by atoms with van der Waals surface area (Å²) >= 11 is 6.23. The molecule has 4 atom stereocenters. The number of benzene rings is 1. The minimum absolute atomic E-state index is 0.0626. The minimum Gasteiger partial charge on any atom is -0.490 e. The van der Waals surface area contributed by atoms with E-state index in [1.54, 1.807) is 12.3 Å². The molecule has 0 bridgehead atoms. The molecule has 0 amide bonds. The molecular formula is C25H35ClN2O5S. The van der Waals surface area contributed by atoms with Crippen LogP contribution in [-0.2, 0) is 26.3 Å². The topological polar surface area (TPSA) is 112 Å². The third-order valence-corrected chi connectivity index (χ3v) is 7.25. The maximum absolute atomic E-state index is 11.0. The van der Waals surface area contributed by atoms with Gasteiger partial charge in [0.05, 0.1) is 12.7 Å². The molecule has 0 spiro atoms. The van der Waals surface area contributed by atoms with Crippen LogP contribution in [0.5, 0.6) is 5.75 Å². The van der Waals surface area contributed by atoms with Crippen molar-refractivity contribution in [1.82, 2.24) is 4.98 Å². The van der Waals surface area contributed by atoms with Gasteiger partial charge in [-0.15, -0.1) is 0 Å². The Morgan fingerprint density at radius 2 is 1.94 bits per heavy atom. The number of aromatic nitrogens is 1. The first-order valence-electron chi connectivity index (χ1n) is 11.8. The SMILES string of the molecule is CC.CC1(C)CC(Cc2cc(O[C@@H]3C[C@@H](COS(N)(=O)=O)[C@@H](O)C3)ccn2)c2ccc(Cl)cc21. The van der Waals surface area contributed by atoms with Crippen molar-refractivity contribution in [3.8, 4) is 5.75 Å². The summed E-state index contributed by atoms with van der Waals surface area (Å²) in [5.74, 6) is 0.700. The Morgan fingerprint density at radius 1 is 1.21 bits per heavy atom. The second-order valence-electron chi connectivity index (χ2n) is 9.52. The molecule has 0 saturated heterocycles. The number of hydrogen-bond acceptors (Lipinski definition) is 6. The molecule has 1 aromatic carbocycles. The van der Waals surface area contributed by atoms with E-state index in [4.69, 9.17) is 21.5 Å². The van der Waals surface area contributed by atoms with Gasteiger partial charge in [-0.1, -0.05) is 45.4 Å². The summed E-state index contributed by atoms with van der Waals surface area (Å²) in [7, 11) is -4.03. The van der Waals surface area contributed by atoms with Gasteiger partial charge in [0.2, 0.25) is 0 Å². The Hall–Kier alpha value is -1.71. The predicted molar refractivity (Wildman–Crippen MR) is 133 cm³/mol. The molecule has 1 unspecified atom stereocenters. The molecule has 2 aliphatic carbocycles. The molecule has 2 aromatic rings. The van der Waals surface area contributed by atoms with Gasteiger partial charge in [0.15, 0.2) is 0 Å². The molecule has 0 aliphatic heterocycles. The second-order valence-corrected chi connectivity index (χ2v) is 11.2. The molecule has 3 N–H and O–H groups in total. The maximum Gasteiger partial charge on any atom is 0.333 e. The molecular weight excluding hydrogens is 476 g/mol.